The lowest BCUT2D eigenvalue weighted by atomic mass is 9.75. The highest BCUT2D eigenvalue weighted by atomic mass is 14.3. The Bertz CT molecular complexity index is 166. The molecule has 0 radical (unpaired) electrons. The van der Waals surface area contributed by atoms with Gasteiger partial charge in [-0.3, -0.25) is 0 Å². The van der Waals surface area contributed by atoms with Crippen LogP contribution in [0.25, 0.3) is 0 Å². The zero-order valence-corrected chi connectivity index (χ0v) is 13.8. The molecule has 1 aliphatic rings. The molecule has 0 atom stereocenters. The molecule has 0 N–H and O–H groups in total. The Kier molecular flexibility index (Phi) is 10.6. The van der Waals surface area contributed by atoms with Gasteiger partial charge >= 0.3 is 0 Å². The lowest BCUT2D eigenvalue weighted by molar-refractivity contribution is 0.215. The van der Waals surface area contributed by atoms with Gasteiger partial charge in [0.25, 0.3) is 0 Å². The SMILES string of the molecule is CCCCCCC(CCCCCC)C1CCCCC1. The topological polar surface area (TPSA) is 0 Å². The second kappa shape index (κ2) is 11.8. The molecule has 0 aromatic rings. The summed E-state index contributed by atoms with van der Waals surface area (Å²) in [7, 11) is 0. The summed E-state index contributed by atoms with van der Waals surface area (Å²) in [4.78, 5) is 0. The minimum absolute atomic E-state index is 1.08. The van der Waals surface area contributed by atoms with Crippen molar-refractivity contribution >= 4 is 0 Å². The average Bonchev–Trinajstić information content (AvgIpc) is 2.46. The van der Waals surface area contributed by atoms with E-state index in [2.05, 4.69) is 13.8 Å². The first-order valence-corrected chi connectivity index (χ1v) is 9.38. The van der Waals surface area contributed by atoms with E-state index in [9.17, 15) is 0 Å². The third kappa shape index (κ3) is 8.00. The van der Waals surface area contributed by atoms with E-state index in [4.69, 9.17) is 0 Å². The summed E-state index contributed by atoms with van der Waals surface area (Å²) in [5, 5.41) is 0. The van der Waals surface area contributed by atoms with Gasteiger partial charge in [-0.1, -0.05) is 110 Å². The third-order valence-corrected chi connectivity index (χ3v) is 5.17. The smallest absolute Gasteiger partial charge is 0.0386 e. The second-order valence-corrected chi connectivity index (χ2v) is 6.86. The molecule has 0 heteroatoms. The van der Waals surface area contributed by atoms with Crippen LogP contribution in [-0.2, 0) is 0 Å². The molecule has 0 aromatic heterocycles. The molecule has 0 saturated heterocycles. The highest BCUT2D eigenvalue weighted by Gasteiger charge is 2.22. The van der Waals surface area contributed by atoms with E-state index in [1.54, 1.807) is 12.8 Å². The van der Waals surface area contributed by atoms with E-state index in [1.807, 2.05) is 0 Å². The van der Waals surface area contributed by atoms with Gasteiger partial charge < -0.3 is 0 Å². The molecule has 0 amide bonds. The Labute approximate surface area is 122 Å². The van der Waals surface area contributed by atoms with Crippen LogP contribution in [0.4, 0.5) is 0 Å². The Morgan fingerprint density at radius 1 is 0.684 bits per heavy atom. The van der Waals surface area contributed by atoms with Gasteiger partial charge in [-0.05, 0) is 11.8 Å². The quantitative estimate of drug-likeness (QED) is 0.349. The maximum Gasteiger partial charge on any atom is -0.0386 e. The number of unbranched alkanes of at least 4 members (excludes halogenated alkanes) is 6. The standard InChI is InChI=1S/C19H38/c1-3-5-7-10-14-18(15-11-8-6-4-2)19-16-12-9-13-17-19/h18-19H,3-17H2,1-2H3. The van der Waals surface area contributed by atoms with Crippen molar-refractivity contribution in [2.75, 3.05) is 0 Å². The molecule has 1 saturated carbocycles. The zero-order valence-electron chi connectivity index (χ0n) is 13.8. The van der Waals surface area contributed by atoms with E-state index >= 15 is 0 Å². The summed E-state index contributed by atoms with van der Waals surface area (Å²) in [6, 6.07) is 0. The van der Waals surface area contributed by atoms with Gasteiger partial charge in [0.1, 0.15) is 0 Å². The molecule has 0 aromatic carbocycles. The van der Waals surface area contributed by atoms with E-state index < -0.39 is 0 Å². The number of hydrogen-bond donors (Lipinski definition) is 0. The fourth-order valence-corrected chi connectivity index (χ4v) is 3.89. The normalized spacial score (nSPS) is 17.2. The zero-order chi connectivity index (χ0) is 13.8. The Morgan fingerprint density at radius 2 is 1.21 bits per heavy atom. The molecule has 0 unspecified atom stereocenters. The molecule has 1 rings (SSSR count). The van der Waals surface area contributed by atoms with Crippen LogP contribution in [0.2, 0.25) is 0 Å². The van der Waals surface area contributed by atoms with Gasteiger partial charge in [0, 0.05) is 0 Å². The van der Waals surface area contributed by atoms with Crippen LogP contribution in [0, 0.1) is 11.8 Å². The predicted octanol–water partition coefficient (Wildman–Crippen LogP) is 7.12. The molecule has 0 nitrogen and oxygen atoms in total. The van der Waals surface area contributed by atoms with Crippen LogP contribution >= 0.6 is 0 Å². The molecule has 114 valence electrons. The number of rotatable bonds is 11. The largest absolute Gasteiger partial charge is 0.0654 e. The molecule has 0 heterocycles. The van der Waals surface area contributed by atoms with Crippen molar-refractivity contribution in [2.45, 2.75) is 110 Å². The van der Waals surface area contributed by atoms with Crippen molar-refractivity contribution in [3.05, 3.63) is 0 Å². The highest BCUT2D eigenvalue weighted by Crippen LogP contribution is 2.35. The molecule has 0 aliphatic heterocycles. The molecular formula is C19H38. The van der Waals surface area contributed by atoms with Crippen LogP contribution in [-0.4, -0.2) is 0 Å². The second-order valence-electron chi connectivity index (χ2n) is 6.86. The fraction of sp³-hybridized carbons (Fsp3) is 1.00. The maximum absolute atomic E-state index is 2.32. The Balaban J connectivity index is 2.24. The highest BCUT2D eigenvalue weighted by molar-refractivity contribution is 4.74. The lowest BCUT2D eigenvalue weighted by Crippen LogP contribution is -2.18. The molecule has 0 spiro atoms. The Hall–Kier alpha value is 0. The third-order valence-electron chi connectivity index (χ3n) is 5.17. The summed E-state index contributed by atoms with van der Waals surface area (Å²) in [6.45, 7) is 4.65. The minimum atomic E-state index is 1.08. The summed E-state index contributed by atoms with van der Waals surface area (Å²) in [5.74, 6) is 2.17. The van der Waals surface area contributed by atoms with Crippen molar-refractivity contribution in [2.24, 2.45) is 11.8 Å². The Morgan fingerprint density at radius 3 is 1.68 bits per heavy atom. The van der Waals surface area contributed by atoms with Crippen LogP contribution in [0.5, 0.6) is 0 Å². The van der Waals surface area contributed by atoms with Crippen LogP contribution in [0.3, 0.4) is 0 Å². The summed E-state index contributed by atoms with van der Waals surface area (Å²) in [5.41, 5.74) is 0. The molecule has 1 aliphatic carbocycles. The summed E-state index contributed by atoms with van der Waals surface area (Å²) >= 11 is 0. The fourth-order valence-electron chi connectivity index (χ4n) is 3.89. The van der Waals surface area contributed by atoms with Crippen molar-refractivity contribution in [3.8, 4) is 0 Å². The molecular weight excluding hydrogens is 228 g/mol. The van der Waals surface area contributed by atoms with Gasteiger partial charge in [0.2, 0.25) is 0 Å². The van der Waals surface area contributed by atoms with Crippen molar-refractivity contribution in [1.29, 1.82) is 0 Å². The molecule has 0 bridgehead atoms. The first kappa shape index (κ1) is 17.1. The molecule has 1 fully saturated rings. The van der Waals surface area contributed by atoms with Crippen LogP contribution < -0.4 is 0 Å². The van der Waals surface area contributed by atoms with Crippen molar-refractivity contribution < 1.29 is 0 Å². The van der Waals surface area contributed by atoms with Crippen LogP contribution in [0.15, 0.2) is 0 Å². The maximum atomic E-state index is 2.32. The molecule has 19 heavy (non-hydrogen) atoms. The van der Waals surface area contributed by atoms with E-state index in [0.717, 1.165) is 11.8 Å². The van der Waals surface area contributed by atoms with Gasteiger partial charge in [-0.2, -0.15) is 0 Å². The van der Waals surface area contributed by atoms with E-state index in [0.29, 0.717) is 0 Å². The monoisotopic (exact) mass is 266 g/mol. The first-order chi connectivity index (χ1) is 9.38. The van der Waals surface area contributed by atoms with Gasteiger partial charge in [-0.25, -0.2) is 0 Å². The van der Waals surface area contributed by atoms with E-state index in [-0.39, 0.29) is 0 Å². The van der Waals surface area contributed by atoms with Gasteiger partial charge in [0.15, 0.2) is 0 Å². The average molecular weight is 267 g/mol. The number of hydrogen-bond acceptors (Lipinski definition) is 0. The summed E-state index contributed by atoms with van der Waals surface area (Å²) in [6.07, 6.45) is 22.3. The summed E-state index contributed by atoms with van der Waals surface area (Å²) < 4.78 is 0. The van der Waals surface area contributed by atoms with E-state index in [1.165, 1.54) is 83.5 Å². The van der Waals surface area contributed by atoms with Gasteiger partial charge in [0.05, 0.1) is 0 Å². The lowest BCUT2D eigenvalue weighted by Gasteiger charge is -2.30. The van der Waals surface area contributed by atoms with Crippen molar-refractivity contribution in [1.82, 2.24) is 0 Å². The van der Waals surface area contributed by atoms with Crippen LogP contribution in [0.1, 0.15) is 110 Å². The first-order valence-electron chi connectivity index (χ1n) is 9.38. The minimum Gasteiger partial charge on any atom is -0.0654 e. The van der Waals surface area contributed by atoms with Gasteiger partial charge in [-0.15, -0.1) is 0 Å². The van der Waals surface area contributed by atoms with Crippen molar-refractivity contribution in [3.63, 3.8) is 0 Å². The predicted molar refractivity (Wildman–Crippen MR) is 87.6 cm³/mol.